The standard InChI is InChI=1S/C13H18N2O2/c1-17-13-5-4-11(8-12(13)9-14)10-15-6-2-3-7-16/h4-5,8,15-16H,2-3,6-7,10H2,1H3. The van der Waals surface area contributed by atoms with Crippen LogP contribution in [-0.2, 0) is 6.54 Å². The number of aliphatic hydroxyl groups excluding tert-OH is 1. The third kappa shape index (κ3) is 4.43. The number of nitrogens with zero attached hydrogens (tertiary/aromatic N) is 1. The third-order valence-corrected chi connectivity index (χ3v) is 2.48. The SMILES string of the molecule is COc1ccc(CNCCCCO)cc1C#N. The van der Waals surface area contributed by atoms with Crippen molar-refractivity contribution in [3.63, 3.8) is 0 Å². The number of nitrogens with one attached hydrogen (secondary N) is 1. The molecule has 0 aliphatic heterocycles. The number of aliphatic hydroxyl groups is 1. The second-order valence-electron chi connectivity index (χ2n) is 3.75. The molecule has 0 saturated heterocycles. The zero-order chi connectivity index (χ0) is 12.5. The highest BCUT2D eigenvalue weighted by Gasteiger charge is 2.02. The molecule has 0 spiro atoms. The van der Waals surface area contributed by atoms with E-state index in [0.29, 0.717) is 11.3 Å². The summed E-state index contributed by atoms with van der Waals surface area (Å²) in [6.45, 7) is 1.83. The molecule has 2 N–H and O–H groups in total. The van der Waals surface area contributed by atoms with E-state index in [1.165, 1.54) is 0 Å². The van der Waals surface area contributed by atoms with Gasteiger partial charge in [-0.15, -0.1) is 0 Å². The van der Waals surface area contributed by atoms with E-state index in [0.717, 1.165) is 31.5 Å². The van der Waals surface area contributed by atoms with Gasteiger partial charge in [0.15, 0.2) is 0 Å². The summed E-state index contributed by atoms with van der Waals surface area (Å²) in [4.78, 5) is 0. The number of methoxy groups -OCH3 is 1. The molecule has 0 unspecified atom stereocenters. The Kier molecular flexibility index (Phi) is 6.08. The van der Waals surface area contributed by atoms with Gasteiger partial charge in [0.25, 0.3) is 0 Å². The summed E-state index contributed by atoms with van der Waals surface area (Å²) in [6.07, 6.45) is 1.77. The van der Waals surface area contributed by atoms with Crippen molar-refractivity contribution in [2.45, 2.75) is 19.4 Å². The Morgan fingerprint density at radius 2 is 2.24 bits per heavy atom. The molecule has 92 valence electrons. The number of hydrogen-bond acceptors (Lipinski definition) is 4. The molecular formula is C13H18N2O2. The Morgan fingerprint density at radius 3 is 2.88 bits per heavy atom. The number of unbranched alkanes of at least 4 members (excludes halogenated alkanes) is 1. The van der Waals surface area contributed by atoms with Crippen molar-refractivity contribution in [3.05, 3.63) is 29.3 Å². The quantitative estimate of drug-likeness (QED) is 0.700. The fourth-order valence-corrected chi connectivity index (χ4v) is 1.55. The molecule has 0 fully saturated rings. The van der Waals surface area contributed by atoms with Crippen molar-refractivity contribution < 1.29 is 9.84 Å². The van der Waals surface area contributed by atoms with Gasteiger partial charge in [0.2, 0.25) is 0 Å². The van der Waals surface area contributed by atoms with E-state index >= 15 is 0 Å². The highest BCUT2D eigenvalue weighted by atomic mass is 16.5. The molecule has 0 heterocycles. The van der Waals surface area contributed by atoms with Crippen molar-refractivity contribution in [1.29, 1.82) is 5.26 Å². The number of ether oxygens (including phenoxy) is 1. The van der Waals surface area contributed by atoms with Gasteiger partial charge in [-0.25, -0.2) is 0 Å². The van der Waals surface area contributed by atoms with Gasteiger partial charge in [0.1, 0.15) is 11.8 Å². The molecule has 0 aliphatic carbocycles. The van der Waals surface area contributed by atoms with Crippen LogP contribution in [0.1, 0.15) is 24.0 Å². The third-order valence-electron chi connectivity index (χ3n) is 2.48. The molecule has 0 amide bonds. The number of nitriles is 1. The van der Waals surface area contributed by atoms with Crippen LogP contribution in [0.2, 0.25) is 0 Å². The van der Waals surface area contributed by atoms with Crippen LogP contribution in [0.15, 0.2) is 18.2 Å². The Morgan fingerprint density at radius 1 is 1.41 bits per heavy atom. The molecule has 0 bridgehead atoms. The van der Waals surface area contributed by atoms with Gasteiger partial charge in [0.05, 0.1) is 12.7 Å². The average Bonchev–Trinajstić information content (AvgIpc) is 2.38. The van der Waals surface area contributed by atoms with Crippen molar-refractivity contribution in [1.82, 2.24) is 5.32 Å². The molecule has 1 aromatic rings. The summed E-state index contributed by atoms with van der Waals surface area (Å²) in [5, 5.41) is 20.8. The van der Waals surface area contributed by atoms with E-state index in [-0.39, 0.29) is 6.61 Å². The van der Waals surface area contributed by atoms with Crippen molar-refractivity contribution in [2.75, 3.05) is 20.3 Å². The van der Waals surface area contributed by atoms with Crippen LogP contribution < -0.4 is 10.1 Å². The summed E-state index contributed by atoms with van der Waals surface area (Å²) in [5.41, 5.74) is 1.62. The zero-order valence-corrected chi connectivity index (χ0v) is 10.1. The van der Waals surface area contributed by atoms with Crippen LogP contribution in [-0.4, -0.2) is 25.4 Å². The van der Waals surface area contributed by atoms with Crippen LogP contribution in [0.25, 0.3) is 0 Å². The predicted octanol–water partition coefficient (Wildman–Crippen LogP) is 1.43. The Bertz CT molecular complexity index is 385. The lowest BCUT2D eigenvalue weighted by Crippen LogP contribution is -2.15. The van der Waals surface area contributed by atoms with E-state index in [4.69, 9.17) is 15.1 Å². The average molecular weight is 234 g/mol. The minimum atomic E-state index is 0.239. The first-order valence-corrected chi connectivity index (χ1v) is 5.70. The largest absolute Gasteiger partial charge is 0.495 e. The highest BCUT2D eigenvalue weighted by Crippen LogP contribution is 2.18. The van der Waals surface area contributed by atoms with Gasteiger partial charge in [0, 0.05) is 13.2 Å². The minimum Gasteiger partial charge on any atom is -0.495 e. The maximum atomic E-state index is 8.94. The summed E-state index contributed by atoms with van der Waals surface area (Å²) < 4.78 is 5.08. The zero-order valence-electron chi connectivity index (χ0n) is 10.1. The number of benzene rings is 1. The van der Waals surface area contributed by atoms with Gasteiger partial charge in [-0.3, -0.25) is 0 Å². The van der Waals surface area contributed by atoms with Crippen molar-refractivity contribution >= 4 is 0 Å². The van der Waals surface area contributed by atoms with E-state index < -0.39 is 0 Å². The Balaban J connectivity index is 2.47. The van der Waals surface area contributed by atoms with Crippen LogP contribution in [0, 0.1) is 11.3 Å². The van der Waals surface area contributed by atoms with Gasteiger partial charge >= 0.3 is 0 Å². The number of hydrogen-bond donors (Lipinski definition) is 2. The molecule has 0 saturated carbocycles. The second-order valence-corrected chi connectivity index (χ2v) is 3.75. The Labute approximate surface area is 102 Å². The maximum Gasteiger partial charge on any atom is 0.136 e. The van der Waals surface area contributed by atoms with Crippen LogP contribution in [0.4, 0.5) is 0 Å². The van der Waals surface area contributed by atoms with Crippen molar-refractivity contribution in [2.24, 2.45) is 0 Å². The monoisotopic (exact) mass is 234 g/mol. The number of rotatable bonds is 7. The summed E-state index contributed by atoms with van der Waals surface area (Å²) in [7, 11) is 1.56. The summed E-state index contributed by atoms with van der Waals surface area (Å²) in [5.74, 6) is 0.608. The lowest BCUT2D eigenvalue weighted by Gasteiger charge is -2.07. The molecule has 1 aromatic carbocycles. The molecule has 0 aromatic heterocycles. The fourth-order valence-electron chi connectivity index (χ4n) is 1.55. The molecule has 4 nitrogen and oxygen atoms in total. The molecule has 0 atom stereocenters. The molecule has 4 heteroatoms. The Hall–Kier alpha value is -1.57. The highest BCUT2D eigenvalue weighted by molar-refractivity contribution is 5.45. The van der Waals surface area contributed by atoms with E-state index in [1.54, 1.807) is 7.11 Å². The first-order chi connectivity index (χ1) is 8.31. The van der Waals surface area contributed by atoms with Crippen molar-refractivity contribution in [3.8, 4) is 11.8 Å². The normalized spacial score (nSPS) is 9.94. The van der Waals surface area contributed by atoms with E-state index in [9.17, 15) is 0 Å². The summed E-state index contributed by atoms with van der Waals surface area (Å²) >= 11 is 0. The molecule has 17 heavy (non-hydrogen) atoms. The van der Waals surface area contributed by atoms with Crippen LogP contribution >= 0.6 is 0 Å². The van der Waals surface area contributed by atoms with Gasteiger partial charge < -0.3 is 15.2 Å². The van der Waals surface area contributed by atoms with Gasteiger partial charge in [-0.2, -0.15) is 5.26 Å². The topological polar surface area (TPSA) is 65.3 Å². The lowest BCUT2D eigenvalue weighted by molar-refractivity contribution is 0.283. The predicted molar refractivity (Wildman–Crippen MR) is 65.7 cm³/mol. The first kappa shape index (κ1) is 13.5. The lowest BCUT2D eigenvalue weighted by atomic mass is 10.1. The molecular weight excluding hydrogens is 216 g/mol. The molecule has 1 rings (SSSR count). The maximum absolute atomic E-state index is 8.94. The second kappa shape index (κ2) is 7.66. The molecule has 0 radical (unpaired) electrons. The van der Waals surface area contributed by atoms with Crippen LogP contribution in [0.5, 0.6) is 5.75 Å². The van der Waals surface area contributed by atoms with E-state index in [1.807, 2.05) is 18.2 Å². The molecule has 0 aliphatic rings. The first-order valence-electron chi connectivity index (χ1n) is 5.70. The smallest absolute Gasteiger partial charge is 0.136 e. The van der Waals surface area contributed by atoms with Gasteiger partial charge in [-0.1, -0.05) is 6.07 Å². The fraction of sp³-hybridized carbons (Fsp3) is 0.462. The minimum absolute atomic E-state index is 0.239. The van der Waals surface area contributed by atoms with E-state index in [2.05, 4.69) is 11.4 Å². The van der Waals surface area contributed by atoms with Crippen LogP contribution in [0.3, 0.4) is 0 Å². The summed E-state index contributed by atoms with van der Waals surface area (Å²) in [6, 6.07) is 7.69. The van der Waals surface area contributed by atoms with Gasteiger partial charge in [-0.05, 0) is 37.1 Å².